The minimum absolute atomic E-state index is 0.00540. The predicted octanol–water partition coefficient (Wildman–Crippen LogP) is -2.33. The number of aliphatic hydroxyl groups excluding tert-OH is 6. The highest BCUT2D eigenvalue weighted by Crippen LogP contribution is 2.29. The Kier molecular flexibility index (Phi) is 17.9. The van der Waals surface area contributed by atoms with Gasteiger partial charge in [0.15, 0.2) is 12.5 Å². The molecule has 53 heavy (non-hydrogen) atoms. The van der Waals surface area contributed by atoms with E-state index in [1.807, 2.05) is 0 Å². The summed E-state index contributed by atoms with van der Waals surface area (Å²) in [5.41, 5.74) is 3.81. The van der Waals surface area contributed by atoms with Gasteiger partial charge in [-0.25, -0.2) is 24.0 Å². The molecule has 23 heteroatoms. The zero-order chi connectivity index (χ0) is 39.7. The molecule has 0 saturated carbocycles. The van der Waals surface area contributed by atoms with Gasteiger partial charge in [0.25, 0.3) is 0 Å². The van der Waals surface area contributed by atoms with Gasteiger partial charge in [-0.3, -0.25) is 14.5 Å². The standard InChI is InChI=1S/C13H17N3O7.C9H13N3O5.C8H10O5/c1-2-5-22-13(21)15-8-3-4-16(12(20)14-8)11-10(19)9(18)7(6-17)23-11;10-5-1-2-12(9(16)11-5)8-7(15)6(14)4(3-13)17-8;1-3-5-11-7(9)13-8(10)12-6-4-2/h2-4,7,9-11,17-19H,1,5-6H2,(H,14,15,20,21);1-2,4,6-8,13-15H,3H2,(H2,10,11,16);3-4H,1-2,5-6H2/t7-,9?,10+,11-;4-,6?,7+,8-;/m11./s1. The lowest BCUT2D eigenvalue weighted by molar-refractivity contribution is -0.0549. The maximum atomic E-state index is 12.0. The number of anilines is 2. The van der Waals surface area contributed by atoms with Gasteiger partial charge in [-0.15, -0.1) is 0 Å². The predicted molar refractivity (Wildman–Crippen MR) is 177 cm³/mol. The van der Waals surface area contributed by atoms with Gasteiger partial charge in [-0.1, -0.05) is 38.0 Å². The van der Waals surface area contributed by atoms with E-state index < -0.39 is 92.1 Å². The second-order valence-corrected chi connectivity index (χ2v) is 10.3. The van der Waals surface area contributed by atoms with E-state index in [-0.39, 0.29) is 31.5 Å². The molecule has 292 valence electrons. The molecule has 23 nitrogen and oxygen atoms in total. The fourth-order valence-electron chi connectivity index (χ4n) is 4.17. The number of aliphatic hydroxyl groups is 6. The first-order valence-corrected chi connectivity index (χ1v) is 15.2. The van der Waals surface area contributed by atoms with Crippen molar-refractivity contribution >= 4 is 30.0 Å². The molecule has 1 amide bonds. The largest absolute Gasteiger partial charge is 0.518 e. The number of hydrogen-bond donors (Lipinski definition) is 8. The van der Waals surface area contributed by atoms with Gasteiger partial charge in [0.1, 0.15) is 68.1 Å². The summed E-state index contributed by atoms with van der Waals surface area (Å²) >= 11 is 0. The lowest BCUT2D eigenvalue weighted by Gasteiger charge is -2.17. The van der Waals surface area contributed by atoms with Gasteiger partial charge in [-0.05, 0) is 12.1 Å². The van der Waals surface area contributed by atoms with Gasteiger partial charge >= 0.3 is 29.8 Å². The molecular formula is C30H40N6O17. The molecule has 2 aliphatic rings. The number of amides is 1. The summed E-state index contributed by atoms with van der Waals surface area (Å²) in [7, 11) is 0. The van der Waals surface area contributed by atoms with Gasteiger partial charge in [0.2, 0.25) is 0 Å². The van der Waals surface area contributed by atoms with Crippen molar-refractivity contribution in [2.24, 2.45) is 0 Å². The van der Waals surface area contributed by atoms with Crippen LogP contribution in [0.15, 0.2) is 72.1 Å². The zero-order valence-electron chi connectivity index (χ0n) is 27.9. The van der Waals surface area contributed by atoms with Crippen LogP contribution in [0.2, 0.25) is 0 Å². The number of hydrogen-bond acceptors (Lipinski definition) is 20. The van der Waals surface area contributed by atoms with E-state index in [9.17, 15) is 44.4 Å². The Balaban J connectivity index is 0.000000288. The highest BCUT2D eigenvalue weighted by atomic mass is 16.8. The fourth-order valence-corrected chi connectivity index (χ4v) is 4.17. The average molecular weight is 757 g/mol. The molecule has 2 aromatic rings. The van der Waals surface area contributed by atoms with Crippen molar-refractivity contribution in [3.63, 3.8) is 0 Å². The summed E-state index contributed by atoms with van der Waals surface area (Å²) in [6.07, 6.45) is -5.93. The fraction of sp³-hybridized carbons (Fsp3) is 0.433. The van der Waals surface area contributed by atoms with E-state index in [2.05, 4.69) is 54.0 Å². The third-order valence-electron chi connectivity index (χ3n) is 6.63. The van der Waals surface area contributed by atoms with Crippen LogP contribution >= 0.6 is 0 Å². The first-order chi connectivity index (χ1) is 25.2. The molecular weight excluding hydrogens is 716 g/mol. The van der Waals surface area contributed by atoms with Crippen molar-refractivity contribution in [1.29, 1.82) is 0 Å². The van der Waals surface area contributed by atoms with Crippen LogP contribution in [0.1, 0.15) is 12.5 Å². The molecule has 4 rings (SSSR count). The quantitative estimate of drug-likeness (QED) is 0.0516. The minimum Gasteiger partial charge on any atom is -0.445 e. The normalized spacial score (nSPS) is 24.2. The van der Waals surface area contributed by atoms with Crippen LogP contribution < -0.4 is 22.4 Å². The lowest BCUT2D eigenvalue weighted by atomic mass is 10.1. The molecule has 0 aliphatic carbocycles. The number of nitrogens with zero attached hydrogens (tertiary/aromatic N) is 4. The minimum atomic E-state index is -1.40. The summed E-state index contributed by atoms with van der Waals surface area (Å²) in [4.78, 5) is 63.0. The van der Waals surface area contributed by atoms with E-state index in [1.165, 1.54) is 42.8 Å². The monoisotopic (exact) mass is 756 g/mol. The molecule has 0 bridgehead atoms. The second-order valence-electron chi connectivity index (χ2n) is 10.3. The summed E-state index contributed by atoms with van der Waals surface area (Å²) in [5, 5.41) is 59.0. The van der Waals surface area contributed by atoms with Crippen LogP contribution in [-0.2, 0) is 28.4 Å². The summed E-state index contributed by atoms with van der Waals surface area (Å²) < 4.78 is 29.8. The summed E-state index contributed by atoms with van der Waals surface area (Å²) in [6, 6.07) is 2.67. The van der Waals surface area contributed by atoms with Crippen LogP contribution in [0.5, 0.6) is 0 Å². The molecule has 0 aromatic carbocycles. The molecule has 9 N–H and O–H groups in total. The first-order valence-electron chi connectivity index (χ1n) is 15.2. The molecule has 2 unspecified atom stereocenters. The Bertz CT molecular complexity index is 1650. The maximum Gasteiger partial charge on any atom is 0.518 e. The molecule has 0 spiro atoms. The summed E-state index contributed by atoms with van der Waals surface area (Å²) in [5.74, 6) is 0.00468. The highest BCUT2D eigenvalue weighted by Gasteiger charge is 2.44. The molecule has 2 saturated heterocycles. The number of rotatable bonds is 11. The summed E-state index contributed by atoms with van der Waals surface area (Å²) in [6.45, 7) is 8.99. The van der Waals surface area contributed by atoms with E-state index in [4.69, 9.17) is 25.4 Å². The van der Waals surface area contributed by atoms with E-state index in [1.54, 1.807) is 0 Å². The Morgan fingerprint density at radius 1 is 0.755 bits per heavy atom. The van der Waals surface area contributed by atoms with Crippen LogP contribution in [0.25, 0.3) is 0 Å². The Labute approximate surface area is 299 Å². The van der Waals surface area contributed by atoms with Gasteiger partial charge < -0.3 is 64.8 Å². The van der Waals surface area contributed by atoms with Crippen LogP contribution in [0, 0.1) is 0 Å². The molecule has 2 aliphatic heterocycles. The van der Waals surface area contributed by atoms with Gasteiger partial charge in [0.05, 0.1) is 13.2 Å². The third kappa shape index (κ3) is 12.9. The van der Waals surface area contributed by atoms with Gasteiger partial charge in [-0.2, -0.15) is 9.97 Å². The molecule has 8 atom stereocenters. The first kappa shape index (κ1) is 43.6. The van der Waals surface area contributed by atoms with Crippen molar-refractivity contribution in [1.82, 2.24) is 19.1 Å². The second kappa shape index (κ2) is 21.7. The Morgan fingerprint density at radius 2 is 1.19 bits per heavy atom. The van der Waals surface area contributed by atoms with Gasteiger partial charge in [0, 0.05) is 12.4 Å². The van der Waals surface area contributed by atoms with Crippen molar-refractivity contribution in [2.45, 2.75) is 49.1 Å². The molecule has 2 fully saturated rings. The van der Waals surface area contributed by atoms with E-state index in [0.29, 0.717) is 0 Å². The van der Waals surface area contributed by atoms with Crippen LogP contribution in [0.3, 0.4) is 0 Å². The van der Waals surface area contributed by atoms with E-state index in [0.717, 1.165) is 9.13 Å². The SMILES string of the molecule is C=CCOC(=O)Nc1ccn([C@@H]2O[C@H](CO)C(O)[C@@H]2O)c(=O)n1.C=CCOC(=O)OC(=O)OCC=C.Nc1ccn([C@@H]2O[C@H](CO)C(O)[C@@H]2O)c(=O)n1. The Hall–Kier alpha value is -5.53. The molecule has 4 heterocycles. The number of ether oxygens (including phenoxy) is 6. The highest BCUT2D eigenvalue weighted by molar-refractivity contribution is 5.83. The smallest absolute Gasteiger partial charge is 0.445 e. The Morgan fingerprint density at radius 3 is 1.58 bits per heavy atom. The maximum absolute atomic E-state index is 12.0. The number of nitrogens with two attached hydrogens (primary N) is 1. The van der Waals surface area contributed by atoms with Crippen molar-refractivity contribution in [3.05, 3.63) is 83.5 Å². The van der Waals surface area contributed by atoms with Crippen molar-refractivity contribution in [2.75, 3.05) is 44.1 Å². The van der Waals surface area contributed by atoms with Crippen LogP contribution in [-0.4, -0.2) is 138 Å². The third-order valence-corrected chi connectivity index (χ3v) is 6.63. The molecule has 2 aromatic heterocycles. The number of nitrogen functional groups attached to an aromatic ring is 1. The number of aromatic nitrogens is 4. The number of carbonyl (C=O) groups excluding carboxylic acids is 3. The lowest BCUT2D eigenvalue weighted by Crippen LogP contribution is -2.36. The average Bonchev–Trinajstić information content (AvgIpc) is 3.58. The zero-order valence-corrected chi connectivity index (χ0v) is 27.9. The topological polar surface area (TPSA) is 336 Å². The van der Waals surface area contributed by atoms with Crippen molar-refractivity contribution in [3.8, 4) is 0 Å². The number of nitrogens with one attached hydrogen (secondary N) is 1. The van der Waals surface area contributed by atoms with E-state index >= 15 is 0 Å². The van der Waals surface area contributed by atoms with Crippen LogP contribution in [0.4, 0.5) is 26.0 Å². The van der Waals surface area contributed by atoms with Crippen molar-refractivity contribution < 1.29 is 73.4 Å². The molecule has 0 radical (unpaired) electrons. The number of carbonyl (C=O) groups is 3.